The summed E-state index contributed by atoms with van der Waals surface area (Å²) in [5, 5.41) is -0.772. The predicted molar refractivity (Wildman–Crippen MR) is 138 cm³/mol. The van der Waals surface area contributed by atoms with Crippen molar-refractivity contribution in [1.82, 2.24) is 4.90 Å². The van der Waals surface area contributed by atoms with E-state index in [0.717, 1.165) is 11.1 Å². The van der Waals surface area contributed by atoms with Gasteiger partial charge >= 0.3 is 11.9 Å². The fourth-order valence-electron chi connectivity index (χ4n) is 3.54. The van der Waals surface area contributed by atoms with Crippen LogP contribution in [0.3, 0.4) is 0 Å². The number of rotatable bonds is 12. The Morgan fingerprint density at radius 3 is 1.79 bits per heavy atom. The third-order valence-electron chi connectivity index (χ3n) is 6.53. The van der Waals surface area contributed by atoms with E-state index in [1.807, 2.05) is 122 Å². The molecule has 0 aliphatic heterocycles. The predicted octanol–water partition coefficient (Wildman–Crippen LogP) is 5.34. The first-order valence-electron chi connectivity index (χ1n) is 12.0. The second-order valence-electron chi connectivity index (χ2n) is 10.2. The zero-order valence-corrected chi connectivity index (χ0v) is 21.8. The van der Waals surface area contributed by atoms with Crippen LogP contribution in [-0.4, -0.2) is 51.4 Å². The molecule has 0 aliphatic carbocycles. The monoisotopic (exact) mass is 464 g/mol. The molecule has 5 nitrogen and oxygen atoms in total. The van der Waals surface area contributed by atoms with E-state index < -0.39 is 16.3 Å². The van der Waals surface area contributed by atoms with Gasteiger partial charge in [-0.05, 0) is 38.6 Å². The minimum atomic E-state index is -0.934. The molecule has 0 spiro atoms. The number of carbonyl (C=O) groups excluding carboxylic acids is 2. The van der Waals surface area contributed by atoms with Gasteiger partial charge in [0, 0.05) is 11.9 Å². The molecule has 0 bridgehead atoms. The number of hydrogen-bond acceptors (Lipinski definition) is 5. The van der Waals surface area contributed by atoms with Crippen molar-refractivity contribution in [1.29, 1.82) is 0 Å². The van der Waals surface area contributed by atoms with E-state index in [2.05, 4.69) is 0 Å². The molecule has 183 valence electrons. The SMILES string of the molecule is CCC(C)([B]CC(C)(C)C(=O)OC(C)(c1ccccc1)c1ccccc1)C(=O)OCCN(C)C. The number of carbonyl (C=O) groups is 2. The van der Waals surface area contributed by atoms with E-state index in [4.69, 9.17) is 9.47 Å². The normalized spacial score (nSPS) is 13.8. The van der Waals surface area contributed by atoms with Crippen molar-refractivity contribution in [2.45, 2.75) is 58.3 Å². The number of nitrogens with zero attached hydrogens (tertiary/aromatic N) is 1. The average Bonchev–Trinajstić information content (AvgIpc) is 2.83. The molecular formula is C28H39BNO4. The van der Waals surface area contributed by atoms with Gasteiger partial charge in [0.2, 0.25) is 0 Å². The van der Waals surface area contributed by atoms with Crippen molar-refractivity contribution in [3.8, 4) is 0 Å². The lowest BCUT2D eigenvalue weighted by atomic mass is 9.46. The molecule has 1 unspecified atom stereocenters. The molecule has 0 saturated carbocycles. The van der Waals surface area contributed by atoms with Crippen LogP contribution in [0.4, 0.5) is 0 Å². The Kier molecular flexibility index (Phi) is 9.51. The van der Waals surface area contributed by atoms with Gasteiger partial charge in [-0.15, -0.1) is 0 Å². The van der Waals surface area contributed by atoms with Crippen LogP contribution in [0.1, 0.15) is 52.2 Å². The quantitative estimate of drug-likeness (QED) is 0.314. The third kappa shape index (κ3) is 6.96. The summed E-state index contributed by atoms with van der Waals surface area (Å²) < 4.78 is 11.7. The van der Waals surface area contributed by atoms with Crippen LogP contribution in [0.2, 0.25) is 11.6 Å². The first-order chi connectivity index (χ1) is 15.9. The Morgan fingerprint density at radius 2 is 1.35 bits per heavy atom. The van der Waals surface area contributed by atoms with E-state index in [9.17, 15) is 9.59 Å². The highest BCUT2D eigenvalue weighted by molar-refractivity contribution is 6.47. The lowest BCUT2D eigenvalue weighted by molar-refractivity contribution is -0.165. The van der Waals surface area contributed by atoms with Crippen LogP contribution in [0.15, 0.2) is 60.7 Å². The minimum Gasteiger partial charge on any atom is -0.464 e. The van der Waals surface area contributed by atoms with Gasteiger partial charge in [0.1, 0.15) is 13.9 Å². The molecule has 0 N–H and O–H groups in total. The zero-order valence-electron chi connectivity index (χ0n) is 21.8. The number of ether oxygens (including phenoxy) is 2. The molecule has 34 heavy (non-hydrogen) atoms. The van der Waals surface area contributed by atoms with Gasteiger partial charge in [-0.25, -0.2) is 0 Å². The van der Waals surface area contributed by atoms with Gasteiger partial charge < -0.3 is 14.4 Å². The highest BCUT2D eigenvalue weighted by Gasteiger charge is 2.42. The summed E-state index contributed by atoms with van der Waals surface area (Å²) in [6.45, 7) is 10.5. The maximum atomic E-state index is 13.5. The largest absolute Gasteiger partial charge is 0.464 e. The molecule has 0 heterocycles. The summed E-state index contributed by atoms with van der Waals surface area (Å²) in [5.74, 6) is -0.585. The van der Waals surface area contributed by atoms with E-state index in [0.29, 0.717) is 25.9 Å². The summed E-state index contributed by atoms with van der Waals surface area (Å²) in [7, 11) is 5.78. The van der Waals surface area contributed by atoms with Gasteiger partial charge in [0.05, 0.1) is 5.41 Å². The molecule has 0 fully saturated rings. The lowest BCUT2D eigenvalue weighted by Crippen LogP contribution is -2.39. The Balaban J connectivity index is 2.17. The molecule has 2 rings (SSSR count). The second-order valence-corrected chi connectivity index (χ2v) is 10.2. The van der Waals surface area contributed by atoms with Crippen molar-refractivity contribution >= 4 is 19.2 Å². The number of esters is 2. The van der Waals surface area contributed by atoms with Gasteiger partial charge in [0.15, 0.2) is 5.60 Å². The topological polar surface area (TPSA) is 55.8 Å². The van der Waals surface area contributed by atoms with Crippen molar-refractivity contribution in [2.75, 3.05) is 27.2 Å². The summed E-state index contributed by atoms with van der Waals surface area (Å²) in [6, 6.07) is 19.5. The van der Waals surface area contributed by atoms with Crippen molar-refractivity contribution < 1.29 is 19.1 Å². The highest BCUT2D eigenvalue weighted by Crippen LogP contribution is 2.39. The molecule has 2 aromatic carbocycles. The zero-order chi connectivity index (χ0) is 25.4. The standard InChI is InChI=1S/C28H39BNO4/c1-8-27(4,25(32)33-20-19-30(6)7)29-21-26(2,3)24(31)34-28(5,22-15-11-9-12-16-22)23-17-13-10-14-18-23/h9-18H,8,19-21H2,1-7H3. The number of benzene rings is 2. The number of likely N-dealkylation sites (N-methyl/N-ethyl adjacent to an activating group) is 1. The van der Waals surface area contributed by atoms with Crippen LogP contribution in [-0.2, 0) is 24.7 Å². The number of hydrogen-bond donors (Lipinski definition) is 0. The van der Waals surface area contributed by atoms with E-state index in [-0.39, 0.29) is 11.9 Å². The Hall–Kier alpha value is -2.60. The Labute approximate surface area is 206 Å². The van der Waals surface area contributed by atoms with Gasteiger partial charge in [-0.2, -0.15) is 0 Å². The molecule has 6 heteroatoms. The summed E-state index contributed by atoms with van der Waals surface area (Å²) in [4.78, 5) is 28.2. The Morgan fingerprint density at radius 1 is 0.853 bits per heavy atom. The van der Waals surface area contributed by atoms with Crippen molar-refractivity contribution in [2.24, 2.45) is 5.41 Å². The molecule has 1 radical (unpaired) electrons. The average molecular weight is 464 g/mol. The van der Waals surface area contributed by atoms with Crippen LogP contribution in [0.5, 0.6) is 0 Å². The van der Waals surface area contributed by atoms with Crippen LogP contribution >= 0.6 is 0 Å². The maximum absolute atomic E-state index is 13.5. The lowest BCUT2D eigenvalue weighted by Gasteiger charge is -2.35. The third-order valence-corrected chi connectivity index (χ3v) is 6.53. The van der Waals surface area contributed by atoms with E-state index in [1.165, 1.54) is 0 Å². The summed E-state index contributed by atoms with van der Waals surface area (Å²) in [5.41, 5.74) is 0.0377. The molecule has 0 saturated heterocycles. The molecule has 2 aromatic rings. The minimum absolute atomic E-state index is 0.264. The van der Waals surface area contributed by atoms with Gasteiger partial charge in [-0.3, -0.25) is 9.59 Å². The van der Waals surface area contributed by atoms with Crippen LogP contribution < -0.4 is 0 Å². The first-order valence-corrected chi connectivity index (χ1v) is 12.0. The maximum Gasteiger partial charge on any atom is 0.312 e. The van der Waals surface area contributed by atoms with Crippen LogP contribution in [0, 0.1) is 5.41 Å². The molecule has 0 aliphatic rings. The van der Waals surface area contributed by atoms with Crippen molar-refractivity contribution in [3.63, 3.8) is 0 Å². The fourth-order valence-corrected chi connectivity index (χ4v) is 3.54. The van der Waals surface area contributed by atoms with Crippen LogP contribution in [0.25, 0.3) is 0 Å². The molecule has 0 amide bonds. The second kappa shape index (κ2) is 11.7. The smallest absolute Gasteiger partial charge is 0.312 e. The van der Waals surface area contributed by atoms with E-state index >= 15 is 0 Å². The van der Waals surface area contributed by atoms with Gasteiger partial charge in [-0.1, -0.05) is 94.7 Å². The summed E-state index contributed by atoms with van der Waals surface area (Å²) in [6.07, 6.45) is 0.975. The summed E-state index contributed by atoms with van der Waals surface area (Å²) >= 11 is 0. The first kappa shape index (κ1) is 27.6. The molecular weight excluding hydrogens is 425 g/mol. The molecule has 1 atom stereocenters. The fraction of sp³-hybridized carbons (Fsp3) is 0.500. The Bertz CT molecular complexity index is 890. The highest BCUT2D eigenvalue weighted by atomic mass is 16.6. The van der Waals surface area contributed by atoms with E-state index in [1.54, 1.807) is 0 Å². The van der Waals surface area contributed by atoms with Gasteiger partial charge in [0.25, 0.3) is 0 Å². The van der Waals surface area contributed by atoms with Crippen molar-refractivity contribution in [3.05, 3.63) is 71.8 Å². The molecule has 0 aromatic heterocycles.